The molecule has 0 saturated carbocycles. The van der Waals surface area contributed by atoms with Gasteiger partial charge in [0.1, 0.15) is 6.54 Å². The van der Waals surface area contributed by atoms with Crippen molar-refractivity contribution >= 4 is 23.2 Å². The number of carbonyl (C=O) groups excluding carboxylic acids is 1. The minimum atomic E-state index is 0.0402. The standard InChI is InChI=1S/C17H19ClN2O/c1-14-15(18)8-7-9-16(14)19-17(21)10-3-6-13-20-11-4-2-5-12-20/h2,4-5,7-9,11-12H,3,6,10,13H2,1H3/p+1. The number of hydrogen-bond acceptors (Lipinski definition) is 1. The van der Waals surface area contributed by atoms with E-state index < -0.39 is 0 Å². The van der Waals surface area contributed by atoms with Crippen LogP contribution in [0.3, 0.4) is 0 Å². The van der Waals surface area contributed by atoms with Crippen LogP contribution in [0.4, 0.5) is 5.69 Å². The Labute approximate surface area is 130 Å². The fraction of sp³-hybridized carbons (Fsp3) is 0.294. The fourth-order valence-electron chi connectivity index (χ4n) is 2.12. The third-order valence-corrected chi connectivity index (χ3v) is 3.80. The lowest BCUT2D eigenvalue weighted by molar-refractivity contribution is -0.697. The predicted octanol–water partition coefficient (Wildman–Crippen LogP) is 3.74. The first-order valence-electron chi connectivity index (χ1n) is 7.16. The number of anilines is 1. The number of unbranched alkanes of at least 4 members (excludes halogenated alkanes) is 1. The highest BCUT2D eigenvalue weighted by Gasteiger charge is 2.07. The summed E-state index contributed by atoms with van der Waals surface area (Å²) in [5.74, 6) is 0.0402. The highest BCUT2D eigenvalue weighted by atomic mass is 35.5. The van der Waals surface area contributed by atoms with Gasteiger partial charge in [0.25, 0.3) is 0 Å². The number of aromatic nitrogens is 1. The molecular weight excluding hydrogens is 284 g/mol. The van der Waals surface area contributed by atoms with Crippen LogP contribution in [0.15, 0.2) is 48.8 Å². The lowest BCUT2D eigenvalue weighted by Crippen LogP contribution is -2.32. The summed E-state index contributed by atoms with van der Waals surface area (Å²) in [6.07, 6.45) is 6.45. The molecule has 0 atom stereocenters. The summed E-state index contributed by atoms with van der Waals surface area (Å²) in [4.78, 5) is 11.9. The molecule has 21 heavy (non-hydrogen) atoms. The van der Waals surface area contributed by atoms with Crippen LogP contribution >= 0.6 is 11.6 Å². The average molecular weight is 304 g/mol. The zero-order valence-electron chi connectivity index (χ0n) is 12.2. The molecule has 1 heterocycles. The summed E-state index contributed by atoms with van der Waals surface area (Å²) >= 11 is 6.04. The maximum absolute atomic E-state index is 11.9. The molecule has 0 bridgehead atoms. The van der Waals surface area contributed by atoms with Crippen molar-refractivity contribution in [3.05, 3.63) is 59.4 Å². The maximum Gasteiger partial charge on any atom is 0.224 e. The monoisotopic (exact) mass is 303 g/mol. The van der Waals surface area contributed by atoms with Crippen molar-refractivity contribution in [2.45, 2.75) is 32.7 Å². The van der Waals surface area contributed by atoms with E-state index in [0.29, 0.717) is 11.4 Å². The number of nitrogens with one attached hydrogen (secondary N) is 1. The van der Waals surface area contributed by atoms with E-state index in [1.54, 1.807) is 0 Å². The van der Waals surface area contributed by atoms with E-state index in [1.165, 1.54) is 0 Å². The normalized spacial score (nSPS) is 10.4. The first kappa shape index (κ1) is 15.5. The summed E-state index contributed by atoms with van der Waals surface area (Å²) in [7, 11) is 0. The summed E-state index contributed by atoms with van der Waals surface area (Å²) in [5.41, 5.74) is 1.71. The van der Waals surface area contributed by atoms with Gasteiger partial charge in [-0.05, 0) is 31.0 Å². The van der Waals surface area contributed by atoms with Crippen molar-refractivity contribution in [1.82, 2.24) is 0 Å². The predicted molar refractivity (Wildman–Crippen MR) is 85.3 cm³/mol. The molecule has 0 aliphatic heterocycles. The molecule has 0 radical (unpaired) electrons. The largest absolute Gasteiger partial charge is 0.326 e. The van der Waals surface area contributed by atoms with Gasteiger partial charge in [-0.1, -0.05) is 23.7 Å². The number of nitrogens with zero attached hydrogens (tertiary/aromatic N) is 1. The Hall–Kier alpha value is -1.87. The van der Waals surface area contributed by atoms with Gasteiger partial charge in [0, 0.05) is 35.7 Å². The second-order valence-corrected chi connectivity index (χ2v) is 5.44. The maximum atomic E-state index is 11.9. The van der Waals surface area contributed by atoms with Gasteiger partial charge < -0.3 is 5.32 Å². The van der Waals surface area contributed by atoms with Crippen LogP contribution in [-0.2, 0) is 11.3 Å². The average Bonchev–Trinajstić information content (AvgIpc) is 2.49. The summed E-state index contributed by atoms with van der Waals surface area (Å²) in [5, 5.41) is 3.59. The lowest BCUT2D eigenvalue weighted by Gasteiger charge is -2.09. The van der Waals surface area contributed by atoms with Crippen LogP contribution in [0.2, 0.25) is 5.02 Å². The molecule has 0 saturated heterocycles. The highest BCUT2D eigenvalue weighted by Crippen LogP contribution is 2.23. The van der Waals surface area contributed by atoms with Gasteiger partial charge in [0.05, 0.1) is 0 Å². The van der Waals surface area contributed by atoms with Crippen LogP contribution in [0.1, 0.15) is 24.8 Å². The van der Waals surface area contributed by atoms with Gasteiger partial charge in [0.2, 0.25) is 5.91 Å². The van der Waals surface area contributed by atoms with Crippen LogP contribution < -0.4 is 9.88 Å². The molecule has 110 valence electrons. The van der Waals surface area contributed by atoms with E-state index in [4.69, 9.17) is 11.6 Å². The van der Waals surface area contributed by atoms with Gasteiger partial charge in [-0.2, -0.15) is 0 Å². The topological polar surface area (TPSA) is 33.0 Å². The van der Waals surface area contributed by atoms with E-state index >= 15 is 0 Å². The first-order valence-corrected chi connectivity index (χ1v) is 7.53. The van der Waals surface area contributed by atoms with Crippen molar-refractivity contribution in [3.8, 4) is 0 Å². The van der Waals surface area contributed by atoms with Crippen LogP contribution in [0.25, 0.3) is 0 Å². The van der Waals surface area contributed by atoms with E-state index in [2.05, 4.69) is 9.88 Å². The van der Waals surface area contributed by atoms with Crippen molar-refractivity contribution in [2.24, 2.45) is 0 Å². The fourth-order valence-corrected chi connectivity index (χ4v) is 2.29. The smallest absolute Gasteiger partial charge is 0.224 e. The molecule has 1 aromatic carbocycles. The van der Waals surface area contributed by atoms with Crippen molar-refractivity contribution in [2.75, 3.05) is 5.32 Å². The van der Waals surface area contributed by atoms with Crippen LogP contribution in [0, 0.1) is 6.92 Å². The SMILES string of the molecule is Cc1c(Cl)cccc1NC(=O)CCCC[n+]1ccccc1. The highest BCUT2D eigenvalue weighted by molar-refractivity contribution is 6.31. The Morgan fingerprint density at radius 3 is 2.67 bits per heavy atom. The molecule has 1 N–H and O–H groups in total. The number of benzene rings is 1. The van der Waals surface area contributed by atoms with Gasteiger partial charge in [-0.25, -0.2) is 4.57 Å². The second kappa shape index (κ2) is 7.79. The zero-order chi connectivity index (χ0) is 15.1. The Morgan fingerprint density at radius 1 is 1.14 bits per heavy atom. The van der Waals surface area contributed by atoms with Crippen molar-refractivity contribution in [3.63, 3.8) is 0 Å². The van der Waals surface area contributed by atoms with Crippen molar-refractivity contribution in [1.29, 1.82) is 0 Å². The molecule has 0 aliphatic rings. The van der Waals surface area contributed by atoms with Gasteiger partial charge in [0.15, 0.2) is 12.4 Å². The molecule has 0 unspecified atom stereocenters. The van der Waals surface area contributed by atoms with Crippen molar-refractivity contribution < 1.29 is 9.36 Å². The minimum Gasteiger partial charge on any atom is -0.326 e. The summed E-state index contributed by atoms with van der Waals surface area (Å²) in [6, 6.07) is 11.6. The molecule has 4 heteroatoms. The van der Waals surface area contributed by atoms with E-state index in [0.717, 1.165) is 30.6 Å². The third kappa shape index (κ3) is 4.87. The molecule has 0 spiro atoms. The number of amides is 1. The number of hydrogen-bond donors (Lipinski definition) is 1. The van der Waals surface area contributed by atoms with Gasteiger partial charge in [-0.15, -0.1) is 0 Å². The first-order chi connectivity index (χ1) is 10.2. The molecule has 3 nitrogen and oxygen atoms in total. The van der Waals surface area contributed by atoms with Crippen LogP contribution in [-0.4, -0.2) is 5.91 Å². The molecule has 2 aromatic rings. The lowest BCUT2D eigenvalue weighted by atomic mass is 10.2. The molecule has 1 aromatic heterocycles. The number of carbonyl (C=O) groups is 1. The summed E-state index contributed by atoms with van der Waals surface area (Å²) < 4.78 is 2.12. The summed E-state index contributed by atoms with van der Waals surface area (Å²) in [6.45, 7) is 2.84. The second-order valence-electron chi connectivity index (χ2n) is 5.03. The number of pyridine rings is 1. The Kier molecular flexibility index (Phi) is 5.76. The zero-order valence-corrected chi connectivity index (χ0v) is 12.9. The van der Waals surface area contributed by atoms with E-state index in [-0.39, 0.29) is 5.91 Å². The molecular formula is C17H20ClN2O+. The quantitative estimate of drug-likeness (QED) is 0.640. The Balaban J connectivity index is 1.74. The molecule has 0 fully saturated rings. The Bertz CT molecular complexity index is 599. The number of aryl methyl sites for hydroxylation is 1. The third-order valence-electron chi connectivity index (χ3n) is 3.39. The van der Waals surface area contributed by atoms with E-state index in [1.807, 2.05) is 55.7 Å². The van der Waals surface area contributed by atoms with Crippen LogP contribution in [0.5, 0.6) is 0 Å². The van der Waals surface area contributed by atoms with Gasteiger partial charge in [-0.3, -0.25) is 4.79 Å². The molecule has 1 amide bonds. The number of halogens is 1. The van der Waals surface area contributed by atoms with E-state index in [9.17, 15) is 4.79 Å². The molecule has 0 aliphatic carbocycles. The van der Waals surface area contributed by atoms with Gasteiger partial charge >= 0.3 is 0 Å². The molecule has 2 rings (SSSR count). The minimum absolute atomic E-state index is 0.0402. The number of rotatable bonds is 6. The Morgan fingerprint density at radius 2 is 1.90 bits per heavy atom.